The van der Waals surface area contributed by atoms with Gasteiger partial charge in [0.2, 0.25) is 0 Å². The first kappa shape index (κ1) is 21.7. The van der Waals surface area contributed by atoms with Gasteiger partial charge >= 0.3 is 12.1 Å². The summed E-state index contributed by atoms with van der Waals surface area (Å²) in [7, 11) is 0. The van der Waals surface area contributed by atoms with Crippen LogP contribution in [-0.4, -0.2) is 18.4 Å². The molecule has 0 atom stereocenters. The van der Waals surface area contributed by atoms with E-state index in [1.807, 2.05) is 0 Å². The number of hydrogen-bond acceptors (Lipinski definition) is 5. The summed E-state index contributed by atoms with van der Waals surface area (Å²) in [5.41, 5.74) is 10.3. The van der Waals surface area contributed by atoms with Gasteiger partial charge in [-0.05, 0) is 43.3 Å². The molecule has 10 heteroatoms. The average molecular weight is 411 g/mol. The molecular formula is C19H17F4N3O3. The van der Waals surface area contributed by atoms with Crippen molar-refractivity contribution in [1.82, 2.24) is 0 Å². The highest BCUT2D eigenvalue weighted by molar-refractivity contribution is 5.98. The van der Waals surface area contributed by atoms with Gasteiger partial charge in [0, 0.05) is 5.56 Å². The summed E-state index contributed by atoms with van der Waals surface area (Å²) in [6.07, 6.45) is -4.53. The molecule has 29 heavy (non-hydrogen) atoms. The number of aliphatic imine (C=N–C) groups is 1. The van der Waals surface area contributed by atoms with Crippen LogP contribution in [0.15, 0.2) is 65.1 Å². The maximum Gasteiger partial charge on any atom is 0.416 e. The van der Waals surface area contributed by atoms with Gasteiger partial charge in [-0.2, -0.15) is 18.2 Å². The van der Waals surface area contributed by atoms with Gasteiger partial charge in [0.15, 0.2) is 5.70 Å². The largest absolute Gasteiger partial charge is 0.461 e. The summed E-state index contributed by atoms with van der Waals surface area (Å²) in [5, 5.41) is 0. The second kappa shape index (κ2) is 9.09. The lowest BCUT2D eigenvalue weighted by Gasteiger charge is -2.12. The zero-order chi connectivity index (χ0) is 21.6. The van der Waals surface area contributed by atoms with Crippen LogP contribution in [0.4, 0.5) is 17.6 Å². The van der Waals surface area contributed by atoms with E-state index in [2.05, 4.69) is 4.99 Å². The van der Waals surface area contributed by atoms with Gasteiger partial charge in [-0.1, -0.05) is 12.1 Å². The number of amidine groups is 1. The van der Waals surface area contributed by atoms with Gasteiger partial charge in [0.25, 0.3) is 5.88 Å². The molecule has 2 aromatic carbocycles. The van der Waals surface area contributed by atoms with Crippen LogP contribution in [0.25, 0.3) is 0 Å². The molecule has 0 aliphatic rings. The van der Waals surface area contributed by atoms with Crippen LogP contribution in [0.3, 0.4) is 0 Å². The third-order valence-electron chi connectivity index (χ3n) is 3.46. The van der Waals surface area contributed by atoms with Crippen molar-refractivity contribution < 1.29 is 31.8 Å². The quantitative estimate of drug-likeness (QED) is 0.190. The van der Waals surface area contributed by atoms with Gasteiger partial charge in [0.05, 0.1) is 12.2 Å². The first-order valence-corrected chi connectivity index (χ1v) is 8.24. The van der Waals surface area contributed by atoms with Crippen molar-refractivity contribution >= 4 is 11.8 Å². The lowest BCUT2D eigenvalue weighted by molar-refractivity contribution is -0.139. The average Bonchev–Trinajstić information content (AvgIpc) is 2.66. The first-order valence-electron chi connectivity index (χ1n) is 8.24. The van der Waals surface area contributed by atoms with Gasteiger partial charge in [-0.25, -0.2) is 9.18 Å². The normalized spacial score (nSPS) is 12.9. The van der Waals surface area contributed by atoms with Crippen molar-refractivity contribution in [3.05, 3.63) is 77.1 Å². The van der Waals surface area contributed by atoms with Crippen LogP contribution in [0.5, 0.6) is 5.75 Å². The van der Waals surface area contributed by atoms with E-state index in [4.69, 9.17) is 20.9 Å². The Bertz CT molecular complexity index is 938. The Morgan fingerprint density at radius 1 is 1.10 bits per heavy atom. The Hall–Kier alpha value is -3.56. The Morgan fingerprint density at radius 2 is 1.76 bits per heavy atom. The number of alkyl halides is 3. The second-order valence-corrected chi connectivity index (χ2v) is 5.57. The van der Waals surface area contributed by atoms with Crippen molar-refractivity contribution in [2.75, 3.05) is 6.61 Å². The fourth-order valence-electron chi connectivity index (χ4n) is 2.08. The molecule has 0 aliphatic heterocycles. The van der Waals surface area contributed by atoms with Crippen LogP contribution in [0, 0.1) is 5.82 Å². The number of halogens is 4. The number of carbonyl (C=O) groups excluding carboxylic acids is 1. The van der Waals surface area contributed by atoms with Gasteiger partial charge in [-0.3, -0.25) is 0 Å². The Balaban J connectivity index is 2.42. The minimum atomic E-state index is -4.53. The number of benzene rings is 2. The lowest BCUT2D eigenvalue weighted by Crippen LogP contribution is -2.21. The van der Waals surface area contributed by atoms with Crippen LogP contribution in [0.1, 0.15) is 18.1 Å². The highest BCUT2D eigenvalue weighted by Crippen LogP contribution is 2.30. The van der Waals surface area contributed by atoms with E-state index in [1.54, 1.807) is 6.92 Å². The zero-order valence-electron chi connectivity index (χ0n) is 15.2. The van der Waals surface area contributed by atoms with Crippen LogP contribution in [-0.2, 0) is 15.7 Å². The number of carbonyl (C=O) groups is 1. The van der Waals surface area contributed by atoms with E-state index in [0.29, 0.717) is 0 Å². The van der Waals surface area contributed by atoms with Gasteiger partial charge < -0.3 is 20.9 Å². The summed E-state index contributed by atoms with van der Waals surface area (Å²) < 4.78 is 61.6. The van der Waals surface area contributed by atoms with Crippen molar-refractivity contribution in [2.45, 2.75) is 13.1 Å². The van der Waals surface area contributed by atoms with E-state index in [0.717, 1.165) is 30.3 Å². The smallest absolute Gasteiger partial charge is 0.416 e. The number of nitrogens with zero attached hydrogens (tertiary/aromatic N) is 1. The number of ether oxygens (including phenoxy) is 2. The number of nitrogens with two attached hydrogens (primary N) is 2. The summed E-state index contributed by atoms with van der Waals surface area (Å²) in [5.74, 6) is -2.38. The van der Waals surface area contributed by atoms with E-state index in [1.165, 1.54) is 18.2 Å². The first-order chi connectivity index (χ1) is 13.6. The minimum Gasteiger partial charge on any atom is -0.461 e. The molecule has 0 saturated carbocycles. The molecule has 6 nitrogen and oxygen atoms in total. The SMILES string of the molecule is CCOC(=O)/C(N)=C(/N=C(\N)c1cccc(F)c1)Oc1ccc(C(F)(F)F)cc1. The third-order valence-corrected chi connectivity index (χ3v) is 3.46. The predicted molar refractivity (Wildman–Crippen MR) is 97.0 cm³/mol. The molecule has 0 aliphatic carbocycles. The second-order valence-electron chi connectivity index (χ2n) is 5.57. The summed E-state index contributed by atoms with van der Waals surface area (Å²) in [6.45, 7) is 1.56. The van der Waals surface area contributed by atoms with E-state index in [-0.39, 0.29) is 23.8 Å². The summed E-state index contributed by atoms with van der Waals surface area (Å²) >= 11 is 0. The maximum atomic E-state index is 13.4. The summed E-state index contributed by atoms with van der Waals surface area (Å²) in [4.78, 5) is 15.8. The lowest BCUT2D eigenvalue weighted by atomic mass is 10.2. The fraction of sp³-hybridized carbons (Fsp3) is 0.158. The molecule has 0 fully saturated rings. The Labute approximate surface area is 163 Å². The molecule has 0 heterocycles. The summed E-state index contributed by atoms with van der Waals surface area (Å²) in [6, 6.07) is 8.75. The third kappa shape index (κ3) is 5.96. The molecule has 0 spiro atoms. The maximum absolute atomic E-state index is 13.4. The molecule has 2 aromatic rings. The predicted octanol–water partition coefficient (Wildman–Crippen LogP) is 3.32. The zero-order valence-corrected chi connectivity index (χ0v) is 15.2. The van der Waals surface area contributed by atoms with E-state index < -0.39 is 35.1 Å². The van der Waals surface area contributed by atoms with Crippen LogP contribution < -0.4 is 16.2 Å². The number of rotatable bonds is 6. The van der Waals surface area contributed by atoms with Crippen molar-refractivity contribution in [3.63, 3.8) is 0 Å². The van der Waals surface area contributed by atoms with Crippen LogP contribution in [0.2, 0.25) is 0 Å². The van der Waals surface area contributed by atoms with Gasteiger partial charge in [-0.15, -0.1) is 0 Å². The molecular weight excluding hydrogens is 394 g/mol. The van der Waals surface area contributed by atoms with Crippen LogP contribution >= 0.6 is 0 Å². The van der Waals surface area contributed by atoms with Crippen molar-refractivity contribution in [2.24, 2.45) is 16.5 Å². The molecule has 0 saturated heterocycles. The molecule has 0 unspecified atom stereocenters. The Morgan fingerprint density at radius 3 is 2.31 bits per heavy atom. The van der Waals surface area contributed by atoms with Crippen molar-refractivity contribution in [3.8, 4) is 5.75 Å². The molecule has 0 radical (unpaired) electrons. The molecule has 2 rings (SSSR count). The monoisotopic (exact) mass is 411 g/mol. The molecule has 154 valence electrons. The topological polar surface area (TPSA) is 99.9 Å². The van der Waals surface area contributed by atoms with E-state index >= 15 is 0 Å². The van der Waals surface area contributed by atoms with Crippen molar-refractivity contribution in [1.29, 1.82) is 0 Å². The van der Waals surface area contributed by atoms with Gasteiger partial charge in [0.1, 0.15) is 17.4 Å². The highest BCUT2D eigenvalue weighted by Gasteiger charge is 2.30. The molecule has 4 N–H and O–H groups in total. The minimum absolute atomic E-state index is 0.0101. The number of esters is 1. The Kier molecular flexibility index (Phi) is 6.81. The number of hydrogen-bond donors (Lipinski definition) is 2. The molecule has 0 amide bonds. The highest BCUT2D eigenvalue weighted by atomic mass is 19.4. The standard InChI is InChI=1S/C19H17F4N3O3/c1-2-28-18(27)15(24)17(26-16(25)11-4-3-5-13(20)10-11)29-14-8-6-12(7-9-14)19(21,22)23/h3-10H,2,24H2,1H3,(H2,25,26)/b17-15+. The molecule has 0 aromatic heterocycles. The fourth-order valence-corrected chi connectivity index (χ4v) is 2.08. The molecule has 0 bridgehead atoms. The van der Waals surface area contributed by atoms with E-state index in [9.17, 15) is 22.4 Å².